The first-order valence-electron chi connectivity index (χ1n) is 7.07. The van der Waals surface area contributed by atoms with Gasteiger partial charge in [0, 0.05) is 12.1 Å². The highest BCUT2D eigenvalue weighted by Crippen LogP contribution is 2.30. The molecule has 6 heteroatoms. The van der Waals surface area contributed by atoms with Gasteiger partial charge in [-0.05, 0) is 36.7 Å². The Morgan fingerprint density at radius 1 is 1.00 bits per heavy atom. The first-order chi connectivity index (χ1) is 10.7. The summed E-state index contributed by atoms with van der Waals surface area (Å²) in [4.78, 5) is 0. The Morgan fingerprint density at radius 2 is 1.78 bits per heavy atom. The molecular formula is C17H22ClNO4. The summed E-state index contributed by atoms with van der Waals surface area (Å²) in [6.07, 6.45) is 0.750. The number of ether oxygens (including phenoxy) is 2. The number of aromatic hydroxyl groups is 2. The molecule has 3 N–H and O–H groups in total. The Morgan fingerprint density at radius 3 is 2.43 bits per heavy atom. The number of hydrogen-bond donors (Lipinski definition) is 3. The van der Waals surface area contributed by atoms with Gasteiger partial charge in [-0.2, -0.15) is 0 Å². The fourth-order valence-corrected chi connectivity index (χ4v) is 2.27. The molecule has 0 radical (unpaired) electrons. The summed E-state index contributed by atoms with van der Waals surface area (Å²) in [5.74, 6) is 1.26. The van der Waals surface area contributed by atoms with Crippen LogP contribution in [0.1, 0.15) is 11.1 Å². The van der Waals surface area contributed by atoms with E-state index in [1.807, 2.05) is 18.2 Å². The quantitative estimate of drug-likeness (QED) is 0.534. The molecule has 0 aliphatic rings. The molecule has 0 heterocycles. The molecular weight excluding hydrogens is 318 g/mol. The van der Waals surface area contributed by atoms with Crippen molar-refractivity contribution in [1.82, 2.24) is 5.32 Å². The molecule has 0 aromatic heterocycles. The number of nitrogens with one attached hydrogen (secondary N) is 1. The van der Waals surface area contributed by atoms with E-state index >= 15 is 0 Å². The third kappa shape index (κ3) is 4.94. The third-order valence-corrected chi connectivity index (χ3v) is 3.43. The number of para-hydroxylation sites is 1. The molecule has 5 nitrogen and oxygen atoms in total. The highest BCUT2D eigenvalue weighted by molar-refractivity contribution is 5.85. The average Bonchev–Trinajstić information content (AvgIpc) is 2.54. The molecule has 0 spiro atoms. The Labute approximate surface area is 142 Å². The lowest BCUT2D eigenvalue weighted by molar-refractivity contribution is 0.350. The number of rotatable bonds is 7. The number of hydrogen-bond acceptors (Lipinski definition) is 5. The van der Waals surface area contributed by atoms with Crippen molar-refractivity contribution in [3.63, 3.8) is 0 Å². The highest BCUT2D eigenvalue weighted by Gasteiger charge is 2.08. The van der Waals surface area contributed by atoms with E-state index in [2.05, 4.69) is 5.32 Å². The summed E-state index contributed by atoms with van der Waals surface area (Å²) in [6.45, 7) is 1.40. The standard InChI is InChI=1S/C17H21NO4.ClH/c1-21-16-5-3-4-13(17(16)22-2)11-18-9-8-12-6-7-14(19)15(20)10-12;/h3-7,10,18-20H,8-9,11H2,1-2H3;1H. The summed E-state index contributed by atoms with van der Waals surface area (Å²) in [5, 5.41) is 22.1. The molecule has 0 atom stereocenters. The van der Waals surface area contributed by atoms with Gasteiger partial charge in [-0.25, -0.2) is 0 Å². The SMILES string of the molecule is COc1cccc(CNCCc2ccc(O)c(O)c2)c1OC.Cl. The second kappa shape index (κ2) is 9.12. The van der Waals surface area contributed by atoms with Gasteiger partial charge in [-0.1, -0.05) is 18.2 Å². The molecule has 0 fully saturated rings. The molecule has 0 aliphatic heterocycles. The maximum Gasteiger partial charge on any atom is 0.165 e. The van der Waals surface area contributed by atoms with Crippen LogP contribution in [0.5, 0.6) is 23.0 Å². The van der Waals surface area contributed by atoms with Crippen molar-refractivity contribution in [3.8, 4) is 23.0 Å². The minimum atomic E-state index is -0.0992. The Kier molecular flexibility index (Phi) is 7.51. The van der Waals surface area contributed by atoms with E-state index in [0.717, 1.165) is 29.8 Å². The summed E-state index contributed by atoms with van der Waals surface area (Å²) in [7, 11) is 3.24. The van der Waals surface area contributed by atoms with E-state index in [1.54, 1.807) is 26.4 Å². The molecule has 0 aliphatic carbocycles. The smallest absolute Gasteiger partial charge is 0.165 e. The predicted octanol–water partition coefficient (Wildman–Crippen LogP) is 2.87. The number of methoxy groups -OCH3 is 2. The van der Waals surface area contributed by atoms with Gasteiger partial charge in [0.2, 0.25) is 0 Å². The Balaban J connectivity index is 0.00000264. The minimum absolute atomic E-state index is 0. The van der Waals surface area contributed by atoms with Crippen LogP contribution in [0.2, 0.25) is 0 Å². The van der Waals surface area contributed by atoms with Crippen LogP contribution in [0.3, 0.4) is 0 Å². The Bertz CT molecular complexity index is 634. The summed E-state index contributed by atoms with van der Waals surface area (Å²) in [6, 6.07) is 10.6. The van der Waals surface area contributed by atoms with Crippen LogP contribution in [-0.4, -0.2) is 31.0 Å². The second-order valence-corrected chi connectivity index (χ2v) is 4.90. The van der Waals surface area contributed by atoms with Crippen LogP contribution in [-0.2, 0) is 13.0 Å². The lowest BCUT2D eigenvalue weighted by atomic mass is 10.1. The molecule has 0 saturated heterocycles. The molecule has 2 aromatic rings. The van der Waals surface area contributed by atoms with Gasteiger partial charge in [0.05, 0.1) is 14.2 Å². The van der Waals surface area contributed by atoms with Gasteiger partial charge in [-0.3, -0.25) is 0 Å². The van der Waals surface area contributed by atoms with Crippen LogP contribution >= 0.6 is 12.4 Å². The maximum atomic E-state index is 9.46. The summed E-state index contributed by atoms with van der Waals surface area (Å²) < 4.78 is 10.7. The molecule has 2 aromatic carbocycles. The molecule has 0 amide bonds. The zero-order valence-electron chi connectivity index (χ0n) is 13.2. The number of phenolic OH excluding ortho intramolecular Hbond substituents is 2. The van der Waals surface area contributed by atoms with E-state index in [9.17, 15) is 10.2 Å². The number of phenols is 2. The normalized spacial score (nSPS) is 10.0. The van der Waals surface area contributed by atoms with E-state index < -0.39 is 0 Å². The van der Waals surface area contributed by atoms with Gasteiger partial charge < -0.3 is 25.0 Å². The molecule has 0 unspecified atom stereocenters. The van der Waals surface area contributed by atoms with E-state index in [1.165, 1.54) is 6.07 Å². The van der Waals surface area contributed by atoms with Gasteiger partial charge in [0.1, 0.15) is 0 Å². The van der Waals surface area contributed by atoms with Crippen molar-refractivity contribution < 1.29 is 19.7 Å². The zero-order chi connectivity index (χ0) is 15.9. The van der Waals surface area contributed by atoms with Crippen LogP contribution in [0.25, 0.3) is 0 Å². The van der Waals surface area contributed by atoms with Crippen LogP contribution in [0, 0.1) is 0 Å². The largest absolute Gasteiger partial charge is 0.504 e. The van der Waals surface area contributed by atoms with Crippen molar-refractivity contribution in [2.45, 2.75) is 13.0 Å². The van der Waals surface area contributed by atoms with E-state index in [4.69, 9.17) is 9.47 Å². The first kappa shape index (κ1) is 18.9. The molecule has 0 bridgehead atoms. The average molecular weight is 340 g/mol. The lowest BCUT2D eigenvalue weighted by Crippen LogP contribution is -2.17. The molecule has 23 heavy (non-hydrogen) atoms. The van der Waals surface area contributed by atoms with Gasteiger partial charge in [-0.15, -0.1) is 12.4 Å². The van der Waals surface area contributed by atoms with E-state index in [0.29, 0.717) is 12.3 Å². The molecule has 0 saturated carbocycles. The highest BCUT2D eigenvalue weighted by atomic mass is 35.5. The zero-order valence-corrected chi connectivity index (χ0v) is 14.0. The lowest BCUT2D eigenvalue weighted by Gasteiger charge is -2.13. The van der Waals surface area contributed by atoms with Crippen LogP contribution in [0.4, 0.5) is 0 Å². The third-order valence-electron chi connectivity index (χ3n) is 3.43. The van der Waals surface area contributed by atoms with Gasteiger partial charge >= 0.3 is 0 Å². The minimum Gasteiger partial charge on any atom is -0.504 e. The van der Waals surface area contributed by atoms with Crippen molar-refractivity contribution in [2.75, 3.05) is 20.8 Å². The van der Waals surface area contributed by atoms with Gasteiger partial charge in [0.25, 0.3) is 0 Å². The first-order valence-corrected chi connectivity index (χ1v) is 7.07. The van der Waals surface area contributed by atoms with Crippen molar-refractivity contribution in [2.24, 2.45) is 0 Å². The maximum absolute atomic E-state index is 9.46. The topological polar surface area (TPSA) is 71.0 Å². The fraction of sp³-hybridized carbons (Fsp3) is 0.294. The van der Waals surface area contributed by atoms with Crippen molar-refractivity contribution in [1.29, 1.82) is 0 Å². The van der Waals surface area contributed by atoms with Gasteiger partial charge in [0.15, 0.2) is 23.0 Å². The Hall–Kier alpha value is -2.11. The fourth-order valence-electron chi connectivity index (χ4n) is 2.27. The van der Waals surface area contributed by atoms with Crippen LogP contribution < -0.4 is 14.8 Å². The van der Waals surface area contributed by atoms with Crippen molar-refractivity contribution in [3.05, 3.63) is 47.5 Å². The predicted molar refractivity (Wildman–Crippen MR) is 92.0 cm³/mol. The second-order valence-electron chi connectivity index (χ2n) is 4.90. The summed E-state index contributed by atoms with van der Waals surface area (Å²) in [5.41, 5.74) is 1.98. The van der Waals surface area contributed by atoms with Crippen LogP contribution in [0.15, 0.2) is 36.4 Å². The van der Waals surface area contributed by atoms with Crippen molar-refractivity contribution >= 4 is 12.4 Å². The van der Waals surface area contributed by atoms with E-state index in [-0.39, 0.29) is 23.9 Å². The molecule has 2 rings (SSSR count). The molecule has 126 valence electrons. The summed E-state index contributed by atoms with van der Waals surface area (Å²) >= 11 is 0. The number of benzene rings is 2. The number of halogens is 1. The monoisotopic (exact) mass is 339 g/mol.